The third-order valence-corrected chi connectivity index (χ3v) is 4.20. The highest BCUT2D eigenvalue weighted by Crippen LogP contribution is 2.51. The lowest BCUT2D eigenvalue weighted by atomic mass is 9.81. The van der Waals surface area contributed by atoms with Gasteiger partial charge >= 0.3 is 5.97 Å². The van der Waals surface area contributed by atoms with Crippen LogP contribution in [0.3, 0.4) is 0 Å². The molecule has 22 heavy (non-hydrogen) atoms. The van der Waals surface area contributed by atoms with Crippen molar-refractivity contribution in [2.45, 2.75) is 18.4 Å². The van der Waals surface area contributed by atoms with Gasteiger partial charge in [0.15, 0.2) is 0 Å². The number of aromatic carboxylic acids is 1. The highest BCUT2D eigenvalue weighted by atomic mass is 19.1. The van der Waals surface area contributed by atoms with Crippen molar-refractivity contribution in [3.63, 3.8) is 0 Å². The SMILES string of the molecule is C[C@@H](c1ccccc1C(=O)O)[C@@]1(c2ccc(F)cc2F)CO1. The van der Waals surface area contributed by atoms with E-state index in [4.69, 9.17) is 4.74 Å². The smallest absolute Gasteiger partial charge is 0.335 e. The van der Waals surface area contributed by atoms with Crippen LogP contribution in [0.1, 0.15) is 34.3 Å². The summed E-state index contributed by atoms with van der Waals surface area (Å²) in [7, 11) is 0. The van der Waals surface area contributed by atoms with Gasteiger partial charge in [-0.2, -0.15) is 0 Å². The van der Waals surface area contributed by atoms with Crippen LogP contribution >= 0.6 is 0 Å². The molecule has 0 bridgehead atoms. The molecule has 1 aliphatic heterocycles. The molecule has 114 valence electrons. The average molecular weight is 304 g/mol. The van der Waals surface area contributed by atoms with Gasteiger partial charge in [-0.3, -0.25) is 0 Å². The van der Waals surface area contributed by atoms with Crippen LogP contribution in [-0.2, 0) is 10.3 Å². The summed E-state index contributed by atoms with van der Waals surface area (Å²) in [6.45, 7) is 2.06. The Kier molecular flexibility index (Phi) is 3.45. The lowest BCUT2D eigenvalue weighted by molar-refractivity contribution is 0.0694. The Labute approximate surface area is 126 Å². The van der Waals surface area contributed by atoms with Crippen LogP contribution in [0.4, 0.5) is 8.78 Å². The topological polar surface area (TPSA) is 49.8 Å². The van der Waals surface area contributed by atoms with Crippen molar-refractivity contribution in [2.75, 3.05) is 6.61 Å². The van der Waals surface area contributed by atoms with Gasteiger partial charge < -0.3 is 9.84 Å². The second-order valence-corrected chi connectivity index (χ2v) is 5.42. The van der Waals surface area contributed by atoms with Crippen molar-refractivity contribution in [1.29, 1.82) is 0 Å². The number of ether oxygens (including phenoxy) is 1. The van der Waals surface area contributed by atoms with E-state index < -0.39 is 23.2 Å². The largest absolute Gasteiger partial charge is 0.478 e. The minimum Gasteiger partial charge on any atom is -0.478 e. The van der Waals surface area contributed by atoms with E-state index in [1.807, 2.05) is 0 Å². The first-order chi connectivity index (χ1) is 10.5. The lowest BCUT2D eigenvalue weighted by Crippen LogP contribution is -2.21. The summed E-state index contributed by atoms with van der Waals surface area (Å²) >= 11 is 0. The minimum atomic E-state index is -1.04. The molecule has 1 saturated heterocycles. The summed E-state index contributed by atoms with van der Waals surface area (Å²) < 4.78 is 32.7. The molecular weight excluding hydrogens is 290 g/mol. The maximum atomic E-state index is 14.1. The van der Waals surface area contributed by atoms with Crippen LogP contribution < -0.4 is 0 Å². The number of epoxide rings is 1. The van der Waals surface area contributed by atoms with Crippen LogP contribution in [0.15, 0.2) is 42.5 Å². The van der Waals surface area contributed by atoms with Crippen molar-refractivity contribution in [2.24, 2.45) is 0 Å². The monoisotopic (exact) mass is 304 g/mol. The minimum absolute atomic E-state index is 0.160. The zero-order chi connectivity index (χ0) is 15.9. The molecule has 0 unspecified atom stereocenters. The zero-order valence-electron chi connectivity index (χ0n) is 11.8. The van der Waals surface area contributed by atoms with Gasteiger partial charge in [0, 0.05) is 17.5 Å². The lowest BCUT2D eigenvalue weighted by Gasteiger charge is -2.23. The average Bonchev–Trinajstić information content (AvgIpc) is 3.28. The first-order valence-electron chi connectivity index (χ1n) is 6.87. The number of carbonyl (C=O) groups is 1. The van der Waals surface area contributed by atoms with Gasteiger partial charge in [-0.05, 0) is 17.7 Å². The fraction of sp³-hybridized carbons (Fsp3) is 0.235. The van der Waals surface area contributed by atoms with E-state index in [1.54, 1.807) is 25.1 Å². The summed E-state index contributed by atoms with van der Waals surface area (Å²) in [6, 6.07) is 9.92. The van der Waals surface area contributed by atoms with Crippen LogP contribution in [0.5, 0.6) is 0 Å². The second-order valence-electron chi connectivity index (χ2n) is 5.42. The molecule has 2 aromatic carbocycles. The Morgan fingerprint density at radius 1 is 1.27 bits per heavy atom. The third kappa shape index (κ3) is 2.27. The molecule has 1 heterocycles. The fourth-order valence-corrected chi connectivity index (χ4v) is 2.87. The van der Waals surface area contributed by atoms with Crippen LogP contribution in [0.25, 0.3) is 0 Å². The Morgan fingerprint density at radius 2 is 1.95 bits per heavy atom. The van der Waals surface area contributed by atoms with Gasteiger partial charge in [-0.25, -0.2) is 13.6 Å². The van der Waals surface area contributed by atoms with Gasteiger partial charge in [0.1, 0.15) is 17.2 Å². The van der Waals surface area contributed by atoms with Crippen molar-refractivity contribution in [3.05, 3.63) is 70.8 Å². The quantitative estimate of drug-likeness (QED) is 0.876. The van der Waals surface area contributed by atoms with E-state index in [9.17, 15) is 18.7 Å². The van der Waals surface area contributed by atoms with E-state index in [1.165, 1.54) is 18.2 Å². The van der Waals surface area contributed by atoms with E-state index in [-0.39, 0.29) is 23.7 Å². The van der Waals surface area contributed by atoms with E-state index in [0.29, 0.717) is 5.56 Å². The molecule has 2 atom stereocenters. The van der Waals surface area contributed by atoms with Crippen LogP contribution in [0.2, 0.25) is 0 Å². The zero-order valence-corrected chi connectivity index (χ0v) is 11.8. The summed E-state index contributed by atoms with van der Waals surface area (Å²) in [5, 5.41) is 9.30. The summed E-state index contributed by atoms with van der Waals surface area (Å²) in [5.41, 5.74) is 0.0359. The van der Waals surface area contributed by atoms with Crippen LogP contribution in [-0.4, -0.2) is 17.7 Å². The Morgan fingerprint density at radius 3 is 2.55 bits per heavy atom. The Balaban J connectivity index is 2.05. The highest BCUT2D eigenvalue weighted by Gasteiger charge is 2.53. The molecule has 0 aliphatic carbocycles. The van der Waals surface area contributed by atoms with E-state index in [0.717, 1.165) is 6.07 Å². The highest BCUT2D eigenvalue weighted by molar-refractivity contribution is 5.89. The maximum Gasteiger partial charge on any atom is 0.335 e. The third-order valence-electron chi connectivity index (χ3n) is 4.20. The molecule has 0 spiro atoms. The standard InChI is InChI=1S/C17H14F2O3/c1-10(12-4-2-3-5-13(12)16(20)21)17(9-22-17)14-7-6-11(18)8-15(14)19/h2-8,10H,9H2,1H3,(H,20,21)/t10-,17+/m0/s1. The molecule has 5 heteroatoms. The van der Waals surface area contributed by atoms with Crippen molar-refractivity contribution < 1.29 is 23.4 Å². The van der Waals surface area contributed by atoms with Gasteiger partial charge in [-0.15, -0.1) is 0 Å². The number of hydrogen-bond donors (Lipinski definition) is 1. The number of rotatable bonds is 4. The molecular formula is C17H14F2O3. The molecule has 1 N–H and O–H groups in total. The number of halogens is 2. The second kappa shape index (κ2) is 5.18. The van der Waals surface area contributed by atoms with E-state index >= 15 is 0 Å². The van der Waals surface area contributed by atoms with Gasteiger partial charge in [0.25, 0.3) is 0 Å². The molecule has 3 nitrogen and oxygen atoms in total. The number of carboxylic acid groups (broad SMARTS) is 1. The predicted octanol–water partition coefficient (Wildman–Crippen LogP) is 3.69. The molecule has 0 aromatic heterocycles. The maximum absolute atomic E-state index is 14.1. The Bertz CT molecular complexity index is 738. The van der Waals surface area contributed by atoms with E-state index in [2.05, 4.69) is 0 Å². The fourth-order valence-electron chi connectivity index (χ4n) is 2.87. The summed E-state index contributed by atoms with van der Waals surface area (Å²) in [4.78, 5) is 11.4. The first-order valence-corrected chi connectivity index (χ1v) is 6.87. The molecule has 0 radical (unpaired) electrons. The predicted molar refractivity (Wildman–Crippen MR) is 75.8 cm³/mol. The molecule has 1 fully saturated rings. The number of benzene rings is 2. The normalized spacial score (nSPS) is 21.4. The van der Waals surface area contributed by atoms with Crippen molar-refractivity contribution in [3.8, 4) is 0 Å². The summed E-state index contributed by atoms with van der Waals surface area (Å²) in [5.74, 6) is -2.76. The molecule has 1 aliphatic rings. The first kappa shape index (κ1) is 14.7. The molecule has 0 saturated carbocycles. The molecule has 0 amide bonds. The van der Waals surface area contributed by atoms with Crippen molar-refractivity contribution >= 4 is 5.97 Å². The van der Waals surface area contributed by atoms with Gasteiger partial charge in [0.2, 0.25) is 0 Å². The molecule has 2 aromatic rings. The van der Waals surface area contributed by atoms with Gasteiger partial charge in [0.05, 0.1) is 12.2 Å². The van der Waals surface area contributed by atoms with Crippen LogP contribution in [0, 0.1) is 11.6 Å². The van der Waals surface area contributed by atoms with Gasteiger partial charge in [-0.1, -0.05) is 31.2 Å². The number of carboxylic acids is 1. The number of hydrogen-bond acceptors (Lipinski definition) is 2. The summed E-state index contributed by atoms with van der Waals surface area (Å²) in [6.07, 6.45) is 0. The molecule has 3 rings (SSSR count). The van der Waals surface area contributed by atoms with Crippen molar-refractivity contribution in [1.82, 2.24) is 0 Å². The Hall–Kier alpha value is -2.27.